The maximum Gasteiger partial charge on any atom is 0.253 e. The molecule has 31 heavy (non-hydrogen) atoms. The molecule has 8 nitrogen and oxygen atoms in total. The van der Waals surface area contributed by atoms with Gasteiger partial charge in [0.2, 0.25) is 0 Å². The number of nitrogens with zero attached hydrogens (tertiary/aromatic N) is 3. The molecule has 0 aliphatic carbocycles. The molecule has 168 valence electrons. The number of rotatable bonds is 4. The summed E-state index contributed by atoms with van der Waals surface area (Å²) in [5.41, 5.74) is 1.34. The molecular formula is C22H29N3O5S. The quantitative estimate of drug-likeness (QED) is 0.669. The standard InChI is InChI=1S/C22H29N3O5S/c1-14(23-31(28)22(2,3)4)16-11-15(21(27)24(5)6)12-17-18(26)13-19(30-20(16)17)25-7-9-29-10-8-25/h11-13H,7-10H2,1-6H3/b23-14+. The predicted octanol–water partition coefficient (Wildman–Crippen LogP) is 2.60. The number of hydrogen-bond acceptors (Lipinski definition) is 6. The van der Waals surface area contributed by atoms with Gasteiger partial charge in [-0.3, -0.25) is 9.59 Å². The molecule has 0 radical (unpaired) electrons. The van der Waals surface area contributed by atoms with Gasteiger partial charge in [-0.25, -0.2) is 4.21 Å². The van der Waals surface area contributed by atoms with Crippen LogP contribution in [0.3, 0.4) is 0 Å². The molecular weight excluding hydrogens is 418 g/mol. The molecule has 1 fully saturated rings. The van der Waals surface area contributed by atoms with Crippen molar-refractivity contribution in [2.45, 2.75) is 32.4 Å². The van der Waals surface area contributed by atoms with Crippen LogP contribution in [0, 0.1) is 0 Å². The summed E-state index contributed by atoms with van der Waals surface area (Å²) in [7, 11) is 1.78. The van der Waals surface area contributed by atoms with Crippen LogP contribution < -0.4 is 10.3 Å². The third kappa shape index (κ3) is 5.04. The summed E-state index contributed by atoms with van der Waals surface area (Å²) in [6.45, 7) is 9.54. The van der Waals surface area contributed by atoms with Gasteiger partial charge in [0.1, 0.15) is 16.6 Å². The van der Waals surface area contributed by atoms with E-state index in [2.05, 4.69) is 4.40 Å². The zero-order valence-electron chi connectivity index (χ0n) is 18.9. The van der Waals surface area contributed by atoms with Crippen molar-refractivity contribution in [1.29, 1.82) is 0 Å². The Morgan fingerprint density at radius 1 is 1.16 bits per heavy atom. The molecule has 1 aliphatic rings. The second kappa shape index (κ2) is 8.92. The number of carbonyl (C=O) groups is 1. The van der Waals surface area contributed by atoms with Crippen LogP contribution in [0.5, 0.6) is 0 Å². The first-order valence-electron chi connectivity index (χ1n) is 10.1. The van der Waals surface area contributed by atoms with Gasteiger partial charge in [-0.05, 0) is 39.8 Å². The maximum absolute atomic E-state index is 13.0. The van der Waals surface area contributed by atoms with E-state index in [1.807, 2.05) is 25.7 Å². The smallest absolute Gasteiger partial charge is 0.253 e. The summed E-state index contributed by atoms with van der Waals surface area (Å²) in [5, 5.41) is 0.288. The first-order valence-corrected chi connectivity index (χ1v) is 11.2. The first-order chi connectivity index (χ1) is 14.5. The first kappa shape index (κ1) is 23.1. The summed E-state index contributed by atoms with van der Waals surface area (Å²) in [5.74, 6) is 0.197. The molecule has 0 bridgehead atoms. The van der Waals surface area contributed by atoms with Crippen molar-refractivity contribution >= 4 is 39.5 Å². The van der Waals surface area contributed by atoms with E-state index >= 15 is 0 Å². The summed E-state index contributed by atoms with van der Waals surface area (Å²) >= 11 is 0. The molecule has 9 heteroatoms. The highest BCUT2D eigenvalue weighted by Crippen LogP contribution is 2.26. The minimum absolute atomic E-state index is 0.246. The number of anilines is 1. The van der Waals surface area contributed by atoms with Crippen LogP contribution >= 0.6 is 0 Å². The summed E-state index contributed by atoms with van der Waals surface area (Å²) < 4.78 is 28.0. The zero-order valence-corrected chi connectivity index (χ0v) is 19.7. The Labute approximate surface area is 184 Å². The lowest BCUT2D eigenvalue weighted by molar-refractivity contribution is 0.0827. The molecule has 3 rings (SSSR count). The Kier molecular flexibility index (Phi) is 6.66. The van der Waals surface area contributed by atoms with Crippen molar-refractivity contribution < 1.29 is 18.2 Å². The fraction of sp³-hybridized carbons (Fsp3) is 0.500. The van der Waals surface area contributed by atoms with Gasteiger partial charge >= 0.3 is 0 Å². The molecule has 0 N–H and O–H groups in total. The van der Waals surface area contributed by atoms with Gasteiger partial charge in [0.15, 0.2) is 11.3 Å². The third-order valence-corrected chi connectivity index (χ3v) is 6.41. The molecule has 0 spiro atoms. The van der Waals surface area contributed by atoms with E-state index in [0.29, 0.717) is 54.6 Å². The molecule has 2 aromatic rings. The van der Waals surface area contributed by atoms with Crippen molar-refractivity contribution in [2.24, 2.45) is 4.40 Å². The van der Waals surface area contributed by atoms with Crippen molar-refractivity contribution in [1.82, 2.24) is 4.90 Å². The normalized spacial score (nSPS) is 16.5. The molecule has 0 saturated carbocycles. The molecule has 1 amide bonds. The number of benzene rings is 1. The fourth-order valence-electron chi connectivity index (χ4n) is 3.15. The molecule has 1 aromatic carbocycles. The minimum atomic E-state index is -1.51. The summed E-state index contributed by atoms with van der Waals surface area (Å²) in [6.07, 6.45) is 0. The van der Waals surface area contributed by atoms with Gasteiger partial charge in [-0.2, -0.15) is 4.40 Å². The Hall–Kier alpha value is -2.52. The number of fused-ring (bicyclic) bond motifs is 1. The number of amides is 1. The topological polar surface area (TPSA) is 92.4 Å². The Morgan fingerprint density at radius 3 is 2.39 bits per heavy atom. The van der Waals surface area contributed by atoms with Crippen LogP contribution in [0.25, 0.3) is 11.0 Å². The van der Waals surface area contributed by atoms with Crippen LogP contribution in [-0.2, 0) is 15.7 Å². The summed E-state index contributed by atoms with van der Waals surface area (Å²) in [6, 6.07) is 4.64. The van der Waals surface area contributed by atoms with Gasteiger partial charge in [-0.15, -0.1) is 0 Å². The zero-order chi connectivity index (χ0) is 22.9. The molecule has 1 aliphatic heterocycles. The van der Waals surface area contributed by atoms with Crippen molar-refractivity contribution in [2.75, 3.05) is 45.3 Å². The third-order valence-electron chi connectivity index (χ3n) is 4.92. The number of carbonyl (C=O) groups excluding carboxylic acids is 1. The minimum Gasteiger partial charge on any atom is -0.440 e. The van der Waals surface area contributed by atoms with E-state index in [1.165, 1.54) is 11.0 Å². The molecule has 1 atom stereocenters. The van der Waals surface area contributed by atoms with E-state index in [-0.39, 0.29) is 16.7 Å². The van der Waals surface area contributed by atoms with E-state index in [0.717, 1.165) is 0 Å². The van der Waals surface area contributed by atoms with Crippen LogP contribution in [0.15, 0.2) is 31.8 Å². The second-order valence-electron chi connectivity index (χ2n) is 8.69. The molecule has 1 aromatic heterocycles. The molecule has 1 unspecified atom stereocenters. The van der Waals surface area contributed by atoms with E-state index < -0.39 is 15.7 Å². The highest BCUT2D eigenvalue weighted by Gasteiger charge is 2.23. The molecule has 2 heterocycles. The maximum atomic E-state index is 13.0. The predicted molar refractivity (Wildman–Crippen MR) is 124 cm³/mol. The van der Waals surface area contributed by atoms with Crippen molar-refractivity contribution in [3.05, 3.63) is 39.5 Å². The molecule has 1 saturated heterocycles. The average Bonchev–Trinajstić information content (AvgIpc) is 2.72. The lowest BCUT2D eigenvalue weighted by atomic mass is 10.0. The Balaban J connectivity index is 2.25. The van der Waals surface area contributed by atoms with Crippen LogP contribution in [0.4, 0.5) is 5.88 Å². The second-order valence-corrected chi connectivity index (χ2v) is 10.6. The van der Waals surface area contributed by atoms with Crippen LogP contribution in [0.2, 0.25) is 0 Å². The summed E-state index contributed by atoms with van der Waals surface area (Å²) in [4.78, 5) is 29.0. The van der Waals surface area contributed by atoms with Crippen molar-refractivity contribution in [3.8, 4) is 0 Å². The van der Waals surface area contributed by atoms with Gasteiger partial charge < -0.3 is 19.0 Å². The monoisotopic (exact) mass is 447 g/mol. The SMILES string of the molecule is C/C(=N\S(=O)C(C)(C)C)c1cc(C(=O)N(C)C)cc2c(=O)cc(N3CCOCC3)oc12. The lowest BCUT2D eigenvalue weighted by Crippen LogP contribution is -2.36. The van der Waals surface area contributed by atoms with E-state index in [1.54, 1.807) is 33.2 Å². The number of ether oxygens (including phenoxy) is 1. The Morgan fingerprint density at radius 2 is 1.81 bits per heavy atom. The number of morpholine rings is 1. The van der Waals surface area contributed by atoms with Gasteiger partial charge in [0.25, 0.3) is 5.91 Å². The van der Waals surface area contributed by atoms with Crippen LogP contribution in [0.1, 0.15) is 43.6 Å². The van der Waals surface area contributed by atoms with Gasteiger partial charge in [-0.1, -0.05) is 0 Å². The number of hydrogen-bond donors (Lipinski definition) is 0. The average molecular weight is 448 g/mol. The Bertz CT molecular complexity index is 1110. The van der Waals surface area contributed by atoms with Gasteiger partial charge in [0.05, 0.1) is 29.1 Å². The highest BCUT2D eigenvalue weighted by molar-refractivity contribution is 7.85. The van der Waals surface area contributed by atoms with E-state index in [9.17, 15) is 13.8 Å². The van der Waals surface area contributed by atoms with Crippen molar-refractivity contribution in [3.63, 3.8) is 0 Å². The largest absolute Gasteiger partial charge is 0.440 e. The fourth-order valence-corrected chi connectivity index (χ4v) is 3.77. The highest BCUT2D eigenvalue weighted by atomic mass is 32.2. The van der Waals surface area contributed by atoms with Gasteiger partial charge in [0, 0.05) is 44.4 Å². The van der Waals surface area contributed by atoms with Crippen LogP contribution in [-0.4, -0.2) is 65.9 Å². The van der Waals surface area contributed by atoms with E-state index in [4.69, 9.17) is 9.15 Å². The lowest BCUT2D eigenvalue weighted by Gasteiger charge is -2.27.